The molecule has 2 aromatic carbocycles. The fourth-order valence-corrected chi connectivity index (χ4v) is 3.03. The average Bonchev–Trinajstić information content (AvgIpc) is 2.53. The molecule has 0 fully saturated rings. The lowest BCUT2D eigenvalue weighted by Crippen LogP contribution is -2.28. The van der Waals surface area contributed by atoms with Gasteiger partial charge >= 0.3 is 0 Å². The van der Waals surface area contributed by atoms with Gasteiger partial charge in [-0.2, -0.15) is 0 Å². The van der Waals surface area contributed by atoms with E-state index in [1.807, 2.05) is 38.1 Å². The van der Waals surface area contributed by atoms with Gasteiger partial charge in [-0.3, -0.25) is 0 Å². The van der Waals surface area contributed by atoms with Gasteiger partial charge in [-0.05, 0) is 55.8 Å². The monoisotopic (exact) mass is 335 g/mol. The Balaban J connectivity index is 1.86. The van der Waals surface area contributed by atoms with Crippen LogP contribution in [0.3, 0.4) is 0 Å². The predicted molar refractivity (Wildman–Crippen MR) is 89.5 cm³/mol. The van der Waals surface area contributed by atoms with E-state index in [-0.39, 0.29) is 18.0 Å². The zero-order valence-corrected chi connectivity index (χ0v) is 14.1. The van der Waals surface area contributed by atoms with E-state index in [1.54, 1.807) is 12.1 Å². The van der Waals surface area contributed by atoms with Crippen molar-refractivity contribution in [3.63, 3.8) is 0 Å². The van der Waals surface area contributed by atoms with Crippen molar-refractivity contribution in [3.8, 4) is 11.5 Å². The molecule has 124 valence electrons. The van der Waals surface area contributed by atoms with Gasteiger partial charge in [0.15, 0.2) is 0 Å². The molecule has 0 aliphatic carbocycles. The highest BCUT2D eigenvalue weighted by molar-refractivity contribution is 7.89. The van der Waals surface area contributed by atoms with E-state index in [0.29, 0.717) is 12.4 Å². The summed E-state index contributed by atoms with van der Waals surface area (Å²) in [6.07, 6.45) is 0. The quantitative estimate of drug-likeness (QED) is 0.754. The number of aryl methyl sites for hydroxylation is 1. The van der Waals surface area contributed by atoms with Crippen molar-refractivity contribution >= 4 is 10.0 Å². The lowest BCUT2D eigenvalue weighted by molar-refractivity contribution is 0.322. The first-order chi connectivity index (χ1) is 11.0. The van der Waals surface area contributed by atoms with Crippen molar-refractivity contribution in [1.29, 1.82) is 0 Å². The molecule has 23 heavy (non-hydrogen) atoms. The number of sulfonamides is 1. The van der Waals surface area contributed by atoms with Crippen LogP contribution >= 0.6 is 0 Å². The molecule has 0 unspecified atom stereocenters. The SMILES string of the molecule is CCOc1ccc(S(=O)(=O)NCCOc2cccc(C)c2)cc1. The normalized spacial score (nSPS) is 11.2. The minimum Gasteiger partial charge on any atom is -0.494 e. The van der Waals surface area contributed by atoms with Crippen LogP contribution in [0.4, 0.5) is 0 Å². The molecule has 0 amide bonds. The molecule has 0 aromatic heterocycles. The van der Waals surface area contributed by atoms with Crippen molar-refractivity contribution in [2.45, 2.75) is 18.7 Å². The highest BCUT2D eigenvalue weighted by Crippen LogP contribution is 2.16. The molecular formula is C17H21NO4S. The molecule has 6 heteroatoms. The van der Waals surface area contributed by atoms with Crippen LogP contribution in [-0.2, 0) is 10.0 Å². The molecule has 0 radical (unpaired) electrons. The summed E-state index contributed by atoms with van der Waals surface area (Å²) in [6, 6.07) is 13.9. The summed E-state index contributed by atoms with van der Waals surface area (Å²) in [5.41, 5.74) is 1.09. The first kappa shape index (κ1) is 17.3. The Kier molecular flexibility index (Phi) is 6.01. The Hall–Kier alpha value is -2.05. The summed E-state index contributed by atoms with van der Waals surface area (Å²) < 4.78 is 37.7. The number of benzene rings is 2. The minimum absolute atomic E-state index is 0.198. The second-order valence-electron chi connectivity index (χ2n) is 4.97. The number of ether oxygens (including phenoxy) is 2. The Bertz CT molecular complexity index is 727. The minimum atomic E-state index is -3.54. The largest absolute Gasteiger partial charge is 0.494 e. The molecule has 2 aromatic rings. The molecule has 0 saturated heterocycles. The molecule has 0 aliphatic heterocycles. The summed E-state index contributed by atoms with van der Waals surface area (Å²) in [5.74, 6) is 1.37. The van der Waals surface area contributed by atoms with E-state index in [1.165, 1.54) is 12.1 Å². The van der Waals surface area contributed by atoms with Gasteiger partial charge < -0.3 is 9.47 Å². The van der Waals surface area contributed by atoms with Gasteiger partial charge in [-0.1, -0.05) is 12.1 Å². The number of hydrogen-bond acceptors (Lipinski definition) is 4. The van der Waals surface area contributed by atoms with Crippen molar-refractivity contribution in [2.75, 3.05) is 19.8 Å². The summed E-state index contributed by atoms with van der Waals surface area (Å²) in [6.45, 7) is 4.85. The van der Waals surface area contributed by atoms with Gasteiger partial charge in [-0.25, -0.2) is 13.1 Å². The van der Waals surface area contributed by atoms with Crippen molar-refractivity contribution in [2.24, 2.45) is 0 Å². The molecule has 0 bridgehead atoms. The van der Waals surface area contributed by atoms with Crippen LogP contribution in [0.2, 0.25) is 0 Å². The summed E-state index contributed by atoms with van der Waals surface area (Å²) in [5, 5.41) is 0. The molecule has 0 heterocycles. The Labute approximate surface area is 137 Å². The summed E-state index contributed by atoms with van der Waals surface area (Å²) in [7, 11) is -3.54. The van der Waals surface area contributed by atoms with E-state index < -0.39 is 10.0 Å². The standard InChI is InChI=1S/C17H21NO4S/c1-3-21-15-7-9-17(10-8-15)23(19,20)18-11-12-22-16-6-4-5-14(2)13-16/h4-10,13,18H,3,11-12H2,1-2H3. The molecule has 0 atom stereocenters. The first-order valence-electron chi connectivity index (χ1n) is 7.43. The maximum Gasteiger partial charge on any atom is 0.240 e. The van der Waals surface area contributed by atoms with Gasteiger partial charge in [0.2, 0.25) is 10.0 Å². The fourth-order valence-electron chi connectivity index (χ4n) is 2.02. The van der Waals surface area contributed by atoms with E-state index >= 15 is 0 Å². The zero-order chi connectivity index (χ0) is 16.7. The van der Waals surface area contributed by atoms with E-state index in [2.05, 4.69) is 4.72 Å². The number of hydrogen-bond donors (Lipinski definition) is 1. The molecule has 0 aliphatic rings. The van der Waals surface area contributed by atoms with Gasteiger partial charge in [-0.15, -0.1) is 0 Å². The topological polar surface area (TPSA) is 64.6 Å². The van der Waals surface area contributed by atoms with Crippen molar-refractivity contribution in [1.82, 2.24) is 4.72 Å². The maximum atomic E-state index is 12.2. The van der Waals surface area contributed by atoms with Crippen LogP contribution in [0.15, 0.2) is 53.4 Å². The molecule has 5 nitrogen and oxygen atoms in total. The highest BCUT2D eigenvalue weighted by atomic mass is 32.2. The predicted octanol–water partition coefficient (Wildman–Crippen LogP) is 2.75. The summed E-state index contributed by atoms with van der Waals surface area (Å²) in [4.78, 5) is 0.205. The smallest absolute Gasteiger partial charge is 0.240 e. The van der Waals surface area contributed by atoms with Crippen molar-refractivity contribution < 1.29 is 17.9 Å². The van der Waals surface area contributed by atoms with Crippen LogP contribution < -0.4 is 14.2 Å². The maximum absolute atomic E-state index is 12.2. The van der Waals surface area contributed by atoms with Crippen LogP contribution in [0, 0.1) is 6.92 Å². The van der Waals surface area contributed by atoms with Crippen LogP contribution in [0.25, 0.3) is 0 Å². The van der Waals surface area contributed by atoms with Gasteiger partial charge in [0.05, 0.1) is 11.5 Å². The molecule has 0 spiro atoms. The first-order valence-corrected chi connectivity index (χ1v) is 8.91. The van der Waals surface area contributed by atoms with Crippen LogP contribution in [0.5, 0.6) is 11.5 Å². The Morgan fingerprint density at radius 1 is 1.00 bits per heavy atom. The van der Waals surface area contributed by atoms with Crippen LogP contribution in [0.1, 0.15) is 12.5 Å². The molecule has 1 N–H and O–H groups in total. The molecule has 2 rings (SSSR count). The van der Waals surface area contributed by atoms with E-state index in [4.69, 9.17) is 9.47 Å². The second-order valence-corrected chi connectivity index (χ2v) is 6.73. The summed E-state index contributed by atoms with van der Waals surface area (Å²) >= 11 is 0. The van der Waals surface area contributed by atoms with Crippen molar-refractivity contribution in [3.05, 3.63) is 54.1 Å². The van der Waals surface area contributed by atoms with Gasteiger partial charge in [0, 0.05) is 6.54 Å². The fraction of sp³-hybridized carbons (Fsp3) is 0.294. The zero-order valence-electron chi connectivity index (χ0n) is 13.3. The number of rotatable bonds is 8. The molecule has 0 saturated carbocycles. The second kappa shape index (κ2) is 7.99. The third kappa shape index (κ3) is 5.26. The van der Waals surface area contributed by atoms with Gasteiger partial charge in [0.25, 0.3) is 0 Å². The van der Waals surface area contributed by atoms with E-state index in [0.717, 1.165) is 11.3 Å². The third-order valence-corrected chi connectivity index (χ3v) is 4.57. The number of nitrogens with one attached hydrogen (secondary N) is 1. The lowest BCUT2D eigenvalue weighted by atomic mass is 10.2. The Morgan fingerprint density at radius 3 is 2.39 bits per heavy atom. The van der Waals surface area contributed by atoms with E-state index in [9.17, 15) is 8.42 Å². The Morgan fingerprint density at radius 2 is 1.74 bits per heavy atom. The average molecular weight is 335 g/mol. The van der Waals surface area contributed by atoms with Gasteiger partial charge in [0.1, 0.15) is 18.1 Å². The molecular weight excluding hydrogens is 314 g/mol. The van der Waals surface area contributed by atoms with Crippen LogP contribution in [-0.4, -0.2) is 28.2 Å². The highest BCUT2D eigenvalue weighted by Gasteiger charge is 2.13. The third-order valence-electron chi connectivity index (χ3n) is 3.10. The lowest BCUT2D eigenvalue weighted by Gasteiger charge is -2.09.